The van der Waals surface area contributed by atoms with Gasteiger partial charge in [0.15, 0.2) is 0 Å². The minimum Gasteiger partial charge on any atom is -0.497 e. The Morgan fingerprint density at radius 2 is 1.77 bits per heavy atom. The SMILES string of the molecule is CCN(CC)C(=O)C1(c2cccc(OC)c2)CCCN(c2ccccc2OC)CC1. The summed E-state index contributed by atoms with van der Waals surface area (Å²) in [6.45, 7) is 7.24. The highest BCUT2D eigenvalue weighted by atomic mass is 16.5. The van der Waals surface area contributed by atoms with Gasteiger partial charge in [0.25, 0.3) is 0 Å². The molecular formula is C25H34N2O3. The Kier molecular flexibility index (Phi) is 7.24. The fourth-order valence-corrected chi connectivity index (χ4v) is 4.63. The number of rotatable bonds is 7. The molecule has 0 N–H and O–H groups in total. The van der Waals surface area contributed by atoms with E-state index >= 15 is 0 Å². The van der Waals surface area contributed by atoms with Gasteiger partial charge in [-0.05, 0) is 62.9 Å². The smallest absolute Gasteiger partial charge is 0.233 e. The molecule has 1 fully saturated rings. The summed E-state index contributed by atoms with van der Waals surface area (Å²) >= 11 is 0. The number of carbonyl (C=O) groups excluding carboxylic acids is 1. The number of anilines is 1. The summed E-state index contributed by atoms with van der Waals surface area (Å²) in [6.07, 6.45) is 2.51. The molecule has 3 rings (SSSR count). The van der Waals surface area contributed by atoms with Crippen LogP contribution < -0.4 is 14.4 Å². The number of ether oxygens (including phenoxy) is 2. The van der Waals surface area contributed by atoms with Crippen molar-refractivity contribution in [1.82, 2.24) is 4.90 Å². The third-order valence-corrected chi connectivity index (χ3v) is 6.35. The average molecular weight is 411 g/mol. The van der Waals surface area contributed by atoms with Gasteiger partial charge in [-0.3, -0.25) is 4.79 Å². The third-order valence-electron chi connectivity index (χ3n) is 6.35. The lowest BCUT2D eigenvalue weighted by molar-refractivity contribution is -0.137. The van der Waals surface area contributed by atoms with Crippen molar-refractivity contribution in [2.75, 3.05) is 45.3 Å². The molecule has 1 unspecified atom stereocenters. The van der Waals surface area contributed by atoms with Gasteiger partial charge < -0.3 is 19.3 Å². The predicted octanol–water partition coefficient (Wildman–Crippen LogP) is 4.50. The molecule has 2 aromatic rings. The van der Waals surface area contributed by atoms with Crippen LogP contribution in [0.2, 0.25) is 0 Å². The Bertz CT molecular complexity index is 850. The Morgan fingerprint density at radius 3 is 2.47 bits per heavy atom. The molecule has 1 heterocycles. The largest absolute Gasteiger partial charge is 0.497 e. The van der Waals surface area contributed by atoms with Crippen molar-refractivity contribution in [3.8, 4) is 11.5 Å². The van der Waals surface area contributed by atoms with Gasteiger partial charge in [-0.2, -0.15) is 0 Å². The fraction of sp³-hybridized carbons (Fsp3) is 0.480. The lowest BCUT2D eigenvalue weighted by Crippen LogP contribution is -2.47. The summed E-state index contributed by atoms with van der Waals surface area (Å²) in [5.74, 6) is 1.90. The van der Waals surface area contributed by atoms with Gasteiger partial charge >= 0.3 is 0 Å². The molecule has 2 aromatic carbocycles. The summed E-state index contributed by atoms with van der Waals surface area (Å²) in [6, 6.07) is 16.2. The summed E-state index contributed by atoms with van der Waals surface area (Å²) < 4.78 is 11.1. The van der Waals surface area contributed by atoms with Gasteiger partial charge in [-0.15, -0.1) is 0 Å². The quantitative estimate of drug-likeness (QED) is 0.674. The minimum absolute atomic E-state index is 0.225. The van der Waals surface area contributed by atoms with Crippen molar-refractivity contribution in [1.29, 1.82) is 0 Å². The van der Waals surface area contributed by atoms with Crippen LogP contribution in [0, 0.1) is 0 Å². The van der Waals surface area contributed by atoms with E-state index in [9.17, 15) is 4.79 Å². The van der Waals surface area contributed by atoms with E-state index in [1.54, 1.807) is 14.2 Å². The van der Waals surface area contributed by atoms with Crippen LogP contribution in [0.1, 0.15) is 38.7 Å². The number of methoxy groups -OCH3 is 2. The van der Waals surface area contributed by atoms with Gasteiger partial charge in [-0.25, -0.2) is 0 Å². The molecule has 1 aliphatic rings. The van der Waals surface area contributed by atoms with Gasteiger partial charge in [0.05, 0.1) is 25.3 Å². The maximum Gasteiger partial charge on any atom is 0.233 e. The number of hydrogen-bond acceptors (Lipinski definition) is 4. The average Bonchev–Trinajstić information content (AvgIpc) is 3.03. The van der Waals surface area contributed by atoms with E-state index < -0.39 is 5.41 Å². The zero-order chi connectivity index (χ0) is 21.6. The first-order chi connectivity index (χ1) is 14.6. The Labute approximate surface area is 180 Å². The second-order valence-corrected chi connectivity index (χ2v) is 7.80. The van der Waals surface area contributed by atoms with Crippen LogP contribution in [0.15, 0.2) is 48.5 Å². The number of hydrogen-bond donors (Lipinski definition) is 0. The molecule has 0 saturated carbocycles. The lowest BCUT2D eigenvalue weighted by Gasteiger charge is -2.37. The molecular weight excluding hydrogens is 376 g/mol. The van der Waals surface area contributed by atoms with Crippen molar-refractivity contribution in [2.24, 2.45) is 0 Å². The van der Waals surface area contributed by atoms with E-state index in [-0.39, 0.29) is 5.91 Å². The summed E-state index contributed by atoms with van der Waals surface area (Å²) in [7, 11) is 3.38. The number of amides is 1. The molecule has 0 aromatic heterocycles. The normalized spacial score (nSPS) is 19.1. The van der Waals surface area contributed by atoms with Crippen molar-refractivity contribution in [3.63, 3.8) is 0 Å². The molecule has 0 aliphatic carbocycles. The van der Waals surface area contributed by atoms with E-state index in [0.29, 0.717) is 0 Å². The zero-order valence-corrected chi connectivity index (χ0v) is 18.7. The van der Waals surface area contributed by atoms with Crippen LogP contribution >= 0.6 is 0 Å². The summed E-state index contributed by atoms with van der Waals surface area (Å²) in [4.78, 5) is 18.2. The maximum atomic E-state index is 13.8. The molecule has 0 radical (unpaired) electrons. The van der Waals surface area contributed by atoms with Crippen LogP contribution in [-0.4, -0.2) is 51.2 Å². The third kappa shape index (κ3) is 4.25. The van der Waals surface area contributed by atoms with E-state index in [1.807, 2.05) is 41.3 Å². The van der Waals surface area contributed by atoms with E-state index in [0.717, 1.165) is 68.2 Å². The molecule has 162 valence electrons. The van der Waals surface area contributed by atoms with Crippen molar-refractivity contribution in [2.45, 2.75) is 38.5 Å². The number of benzene rings is 2. The van der Waals surface area contributed by atoms with Gasteiger partial charge in [-0.1, -0.05) is 24.3 Å². The van der Waals surface area contributed by atoms with Crippen LogP contribution in [0.3, 0.4) is 0 Å². The zero-order valence-electron chi connectivity index (χ0n) is 18.7. The molecule has 5 heteroatoms. The second-order valence-electron chi connectivity index (χ2n) is 7.80. The van der Waals surface area contributed by atoms with Crippen LogP contribution in [0.4, 0.5) is 5.69 Å². The van der Waals surface area contributed by atoms with Gasteiger partial charge in [0.2, 0.25) is 5.91 Å². The lowest BCUT2D eigenvalue weighted by atomic mass is 9.73. The molecule has 1 saturated heterocycles. The number of nitrogens with zero attached hydrogens (tertiary/aromatic N) is 2. The number of likely N-dealkylation sites (N-methyl/N-ethyl adjacent to an activating group) is 1. The molecule has 5 nitrogen and oxygen atoms in total. The molecule has 0 spiro atoms. The standard InChI is InChI=1S/C25H34N2O3/c1-5-26(6-2)24(28)25(20-11-9-12-21(19-20)29-3)15-10-17-27(18-16-25)22-13-7-8-14-23(22)30-4/h7-9,11-14,19H,5-6,10,15-18H2,1-4H3. The Hall–Kier alpha value is -2.69. The number of carbonyl (C=O) groups is 1. The van der Waals surface area contributed by atoms with Gasteiger partial charge in [0, 0.05) is 26.2 Å². The highest BCUT2D eigenvalue weighted by Crippen LogP contribution is 2.40. The summed E-state index contributed by atoms with van der Waals surface area (Å²) in [5, 5.41) is 0. The fourth-order valence-electron chi connectivity index (χ4n) is 4.63. The van der Waals surface area contributed by atoms with Crippen molar-refractivity contribution < 1.29 is 14.3 Å². The molecule has 30 heavy (non-hydrogen) atoms. The van der Waals surface area contributed by atoms with Crippen LogP contribution in [0.5, 0.6) is 11.5 Å². The molecule has 1 amide bonds. The van der Waals surface area contributed by atoms with E-state index in [2.05, 4.69) is 30.9 Å². The van der Waals surface area contributed by atoms with Crippen LogP contribution in [0.25, 0.3) is 0 Å². The summed E-state index contributed by atoms with van der Waals surface area (Å²) in [5.41, 5.74) is 1.61. The first-order valence-corrected chi connectivity index (χ1v) is 10.9. The topological polar surface area (TPSA) is 42.0 Å². The maximum absolute atomic E-state index is 13.8. The Balaban J connectivity index is 1.99. The molecule has 0 bridgehead atoms. The van der Waals surface area contributed by atoms with E-state index in [1.165, 1.54) is 0 Å². The molecule has 1 atom stereocenters. The Morgan fingerprint density at radius 1 is 1.00 bits per heavy atom. The first kappa shape index (κ1) is 22.0. The number of para-hydroxylation sites is 2. The highest BCUT2D eigenvalue weighted by molar-refractivity contribution is 5.88. The van der Waals surface area contributed by atoms with Gasteiger partial charge in [0.1, 0.15) is 11.5 Å². The van der Waals surface area contributed by atoms with Crippen molar-refractivity contribution in [3.05, 3.63) is 54.1 Å². The van der Waals surface area contributed by atoms with Crippen molar-refractivity contribution >= 4 is 11.6 Å². The van der Waals surface area contributed by atoms with E-state index in [4.69, 9.17) is 9.47 Å². The predicted molar refractivity (Wildman–Crippen MR) is 122 cm³/mol. The highest BCUT2D eigenvalue weighted by Gasteiger charge is 2.43. The van der Waals surface area contributed by atoms with Crippen LogP contribution in [-0.2, 0) is 10.2 Å². The second kappa shape index (κ2) is 9.88. The molecule has 1 aliphatic heterocycles. The monoisotopic (exact) mass is 410 g/mol. The minimum atomic E-state index is -0.544. The first-order valence-electron chi connectivity index (χ1n) is 10.9.